The highest BCUT2D eigenvalue weighted by molar-refractivity contribution is 14.0. The maximum Gasteiger partial charge on any atom is 0.191 e. The maximum atomic E-state index is 5.08. The Morgan fingerprint density at radius 3 is 2.45 bits per heavy atom. The van der Waals surface area contributed by atoms with Crippen molar-refractivity contribution in [2.24, 2.45) is 10.9 Å². The van der Waals surface area contributed by atoms with E-state index in [4.69, 9.17) is 9.73 Å². The lowest BCUT2D eigenvalue weighted by molar-refractivity contribution is 0.175. The third-order valence-electron chi connectivity index (χ3n) is 4.24. The normalized spacial score (nSPS) is 18.0. The lowest BCUT2D eigenvalue weighted by Gasteiger charge is -2.34. The molecule has 1 atom stereocenters. The summed E-state index contributed by atoms with van der Waals surface area (Å²) < 4.78 is 5.08. The smallest absolute Gasteiger partial charge is 0.191 e. The van der Waals surface area contributed by atoms with Crippen LogP contribution >= 0.6 is 24.0 Å². The summed E-state index contributed by atoms with van der Waals surface area (Å²) >= 11 is 0. The zero-order valence-electron chi connectivity index (χ0n) is 14.7. The minimum absolute atomic E-state index is 0. The first kappa shape index (κ1) is 21.9. The highest BCUT2D eigenvalue weighted by atomic mass is 127. The molecular weight excluding hydrogens is 391 g/mol. The first-order valence-corrected chi connectivity index (χ1v) is 8.36. The van der Waals surface area contributed by atoms with Crippen molar-refractivity contribution >= 4 is 29.9 Å². The number of hydrogen-bond acceptors (Lipinski definition) is 3. The standard InChI is InChI=1S/C16H34N4O.HI/c1-5-17-16(18-11-12-21-4)19-13-15(20(2)3)14-9-7-6-8-10-14;/h14-15H,5-13H2,1-4H3,(H2,17,18,19);1H. The molecule has 0 aromatic carbocycles. The van der Waals surface area contributed by atoms with Gasteiger partial charge in [-0.15, -0.1) is 24.0 Å². The molecule has 2 N–H and O–H groups in total. The van der Waals surface area contributed by atoms with Crippen LogP contribution in [0.15, 0.2) is 4.99 Å². The second kappa shape index (κ2) is 13.4. The molecule has 0 aromatic heterocycles. The van der Waals surface area contributed by atoms with Gasteiger partial charge in [0, 0.05) is 26.2 Å². The molecule has 1 saturated carbocycles. The van der Waals surface area contributed by atoms with Crippen molar-refractivity contribution in [1.29, 1.82) is 0 Å². The van der Waals surface area contributed by atoms with Gasteiger partial charge in [0.2, 0.25) is 0 Å². The predicted molar refractivity (Wildman–Crippen MR) is 105 cm³/mol. The summed E-state index contributed by atoms with van der Waals surface area (Å²) in [6, 6.07) is 0.545. The molecule has 132 valence electrons. The van der Waals surface area contributed by atoms with Gasteiger partial charge in [0.15, 0.2) is 5.96 Å². The second-order valence-corrected chi connectivity index (χ2v) is 6.07. The highest BCUT2D eigenvalue weighted by Crippen LogP contribution is 2.28. The zero-order valence-corrected chi connectivity index (χ0v) is 17.1. The Kier molecular flexibility index (Phi) is 13.3. The van der Waals surface area contributed by atoms with E-state index in [2.05, 4.69) is 36.6 Å². The largest absolute Gasteiger partial charge is 0.383 e. The van der Waals surface area contributed by atoms with Gasteiger partial charge in [-0.1, -0.05) is 19.3 Å². The van der Waals surface area contributed by atoms with Crippen LogP contribution in [-0.2, 0) is 4.74 Å². The van der Waals surface area contributed by atoms with E-state index in [9.17, 15) is 0 Å². The molecule has 1 rings (SSSR count). The highest BCUT2D eigenvalue weighted by Gasteiger charge is 2.25. The van der Waals surface area contributed by atoms with Crippen LogP contribution in [-0.4, -0.2) is 64.3 Å². The minimum Gasteiger partial charge on any atom is -0.383 e. The van der Waals surface area contributed by atoms with Crippen molar-refractivity contribution in [3.63, 3.8) is 0 Å². The number of methoxy groups -OCH3 is 1. The predicted octanol–water partition coefficient (Wildman–Crippen LogP) is 2.32. The van der Waals surface area contributed by atoms with E-state index >= 15 is 0 Å². The van der Waals surface area contributed by atoms with Crippen LogP contribution in [0.2, 0.25) is 0 Å². The van der Waals surface area contributed by atoms with Crippen molar-refractivity contribution in [2.75, 3.05) is 47.4 Å². The van der Waals surface area contributed by atoms with Crippen molar-refractivity contribution in [3.8, 4) is 0 Å². The summed E-state index contributed by atoms with van der Waals surface area (Å²) in [7, 11) is 6.08. The third-order valence-corrected chi connectivity index (χ3v) is 4.24. The number of guanidine groups is 1. The van der Waals surface area contributed by atoms with Gasteiger partial charge in [-0.05, 0) is 39.8 Å². The minimum atomic E-state index is 0. The molecule has 0 heterocycles. The Labute approximate surface area is 153 Å². The average Bonchev–Trinajstić information content (AvgIpc) is 2.48. The van der Waals surface area contributed by atoms with E-state index in [0.29, 0.717) is 12.6 Å². The molecule has 1 aliphatic rings. The number of halogens is 1. The lowest BCUT2D eigenvalue weighted by Crippen LogP contribution is -2.42. The number of ether oxygens (including phenoxy) is 1. The number of nitrogens with zero attached hydrogens (tertiary/aromatic N) is 2. The Balaban J connectivity index is 0.00000441. The third kappa shape index (κ3) is 8.53. The zero-order chi connectivity index (χ0) is 15.5. The van der Waals surface area contributed by atoms with Gasteiger partial charge in [-0.3, -0.25) is 4.99 Å². The summed E-state index contributed by atoms with van der Waals surface area (Å²) in [5.74, 6) is 1.69. The molecule has 0 radical (unpaired) electrons. The Morgan fingerprint density at radius 1 is 1.23 bits per heavy atom. The van der Waals surface area contributed by atoms with Gasteiger partial charge in [-0.2, -0.15) is 0 Å². The molecule has 0 spiro atoms. The van der Waals surface area contributed by atoms with Gasteiger partial charge in [0.1, 0.15) is 0 Å². The Morgan fingerprint density at radius 2 is 1.91 bits per heavy atom. The SMILES string of the molecule is CCNC(=NCC(C1CCCCC1)N(C)C)NCCOC.I. The average molecular weight is 426 g/mol. The summed E-state index contributed by atoms with van der Waals surface area (Å²) in [5.41, 5.74) is 0. The van der Waals surface area contributed by atoms with Crippen LogP contribution < -0.4 is 10.6 Å². The quantitative estimate of drug-likeness (QED) is 0.271. The molecule has 0 bridgehead atoms. The van der Waals surface area contributed by atoms with E-state index in [1.807, 2.05) is 0 Å². The summed E-state index contributed by atoms with van der Waals surface area (Å²) in [6.07, 6.45) is 6.87. The molecule has 0 aliphatic heterocycles. The molecule has 6 heteroatoms. The van der Waals surface area contributed by atoms with Crippen LogP contribution in [0.4, 0.5) is 0 Å². The fourth-order valence-electron chi connectivity index (χ4n) is 3.05. The van der Waals surface area contributed by atoms with E-state index in [-0.39, 0.29) is 24.0 Å². The Bertz CT molecular complexity index is 294. The first-order valence-electron chi connectivity index (χ1n) is 8.36. The van der Waals surface area contributed by atoms with E-state index in [0.717, 1.165) is 31.5 Å². The van der Waals surface area contributed by atoms with Crippen molar-refractivity contribution in [1.82, 2.24) is 15.5 Å². The summed E-state index contributed by atoms with van der Waals surface area (Å²) in [6.45, 7) is 5.33. The van der Waals surface area contributed by atoms with Crippen LogP contribution in [0.3, 0.4) is 0 Å². The number of nitrogens with one attached hydrogen (secondary N) is 2. The van der Waals surface area contributed by atoms with E-state index in [1.165, 1.54) is 32.1 Å². The number of aliphatic imine (C=N–C) groups is 1. The molecule has 0 aromatic rings. The van der Waals surface area contributed by atoms with Gasteiger partial charge in [0.05, 0.1) is 13.2 Å². The molecule has 1 fully saturated rings. The van der Waals surface area contributed by atoms with Gasteiger partial charge in [-0.25, -0.2) is 0 Å². The second-order valence-electron chi connectivity index (χ2n) is 6.07. The topological polar surface area (TPSA) is 48.9 Å². The van der Waals surface area contributed by atoms with Crippen LogP contribution in [0.5, 0.6) is 0 Å². The molecule has 0 saturated heterocycles. The van der Waals surface area contributed by atoms with Gasteiger partial charge in [0.25, 0.3) is 0 Å². The molecule has 1 aliphatic carbocycles. The van der Waals surface area contributed by atoms with Crippen molar-refractivity contribution < 1.29 is 4.74 Å². The van der Waals surface area contributed by atoms with Gasteiger partial charge >= 0.3 is 0 Å². The summed E-state index contributed by atoms with van der Waals surface area (Å²) in [5, 5.41) is 6.62. The monoisotopic (exact) mass is 426 g/mol. The molecule has 1 unspecified atom stereocenters. The molecule has 0 amide bonds. The van der Waals surface area contributed by atoms with Crippen LogP contribution in [0.1, 0.15) is 39.0 Å². The van der Waals surface area contributed by atoms with Crippen LogP contribution in [0.25, 0.3) is 0 Å². The fourth-order valence-corrected chi connectivity index (χ4v) is 3.05. The number of hydrogen-bond donors (Lipinski definition) is 2. The molecular formula is C16H35IN4O. The van der Waals surface area contributed by atoms with Crippen LogP contribution in [0, 0.1) is 5.92 Å². The van der Waals surface area contributed by atoms with Gasteiger partial charge < -0.3 is 20.3 Å². The lowest BCUT2D eigenvalue weighted by atomic mass is 9.83. The number of rotatable bonds is 8. The Hall–Kier alpha value is -0.0800. The van der Waals surface area contributed by atoms with Crippen molar-refractivity contribution in [3.05, 3.63) is 0 Å². The fraction of sp³-hybridized carbons (Fsp3) is 0.938. The van der Waals surface area contributed by atoms with E-state index in [1.54, 1.807) is 7.11 Å². The number of likely N-dealkylation sites (N-methyl/N-ethyl adjacent to an activating group) is 1. The maximum absolute atomic E-state index is 5.08. The summed E-state index contributed by atoms with van der Waals surface area (Å²) in [4.78, 5) is 7.12. The molecule has 5 nitrogen and oxygen atoms in total. The molecule has 22 heavy (non-hydrogen) atoms. The van der Waals surface area contributed by atoms with Crippen molar-refractivity contribution in [2.45, 2.75) is 45.1 Å². The van der Waals surface area contributed by atoms with E-state index < -0.39 is 0 Å². The first-order chi connectivity index (χ1) is 10.2.